The first-order valence-electron chi connectivity index (χ1n) is 14.5. The fourth-order valence-corrected chi connectivity index (χ4v) is 6.77. The summed E-state index contributed by atoms with van der Waals surface area (Å²) in [6, 6.07) is 14.1. The van der Waals surface area contributed by atoms with Gasteiger partial charge in [0.2, 0.25) is 5.91 Å². The number of carbonyl (C=O) groups excluding carboxylic acids is 2. The Balaban J connectivity index is 1.62. The van der Waals surface area contributed by atoms with Crippen LogP contribution in [0.2, 0.25) is 0 Å². The van der Waals surface area contributed by atoms with Crippen LogP contribution < -0.4 is 16.4 Å². The number of aryl methyl sites for hydroxylation is 1. The number of ether oxygens (including phenoxy) is 1. The van der Waals surface area contributed by atoms with Crippen LogP contribution in [0.25, 0.3) is 10.8 Å². The molecule has 2 amide bonds. The first kappa shape index (κ1) is 31.7. The van der Waals surface area contributed by atoms with Gasteiger partial charge >= 0.3 is 6.09 Å². The van der Waals surface area contributed by atoms with Gasteiger partial charge in [0.1, 0.15) is 17.7 Å². The molecule has 4 aromatic rings. The second kappa shape index (κ2) is 12.4. The number of hydrogen-bond donors (Lipinski definition) is 3. The van der Waals surface area contributed by atoms with Crippen molar-refractivity contribution in [2.45, 2.75) is 56.3 Å². The minimum Gasteiger partial charge on any atom is -0.449 e. The highest BCUT2D eigenvalue weighted by Gasteiger charge is 2.29. The van der Waals surface area contributed by atoms with Gasteiger partial charge in [0.15, 0.2) is 9.84 Å². The molecular weight excluding hydrogens is 597 g/mol. The Morgan fingerprint density at radius 1 is 1.09 bits per heavy atom. The molecule has 3 heterocycles. The molecule has 12 heteroatoms. The fourth-order valence-electron chi connectivity index (χ4n) is 5.52. The number of nitrogens with two attached hydrogens (primary N) is 1. The smallest absolute Gasteiger partial charge is 0.411 e. The van der Waals surface area contributed by atoms with Gasteiger partial charge in [-0.05, 0) is 79.4 Å². The van der Waals surface area contributed by atoms with E-state index >= 15 is 0 Å². The van der Waals surface area contributed by atoms with Crippen LogP contribution in [0.4, 0.5) is 26.4 Å². The van der Waals surface area contributed by atoms with Crippen LogP contribution in [0.3, 0.4) is 0 Å². The normalized spacial score (nSPS) is 17.8. The van der Waals surface area contributed by atoms with E-state index in [1.54, 1.807) is 45.2 Å². The Morgan fingerprint density at radius 2 is 1.84 bits per heavy atom. The molecule has 0 aliphatic carbocycles. The van der Waals surface area contributed by atoms with Crippen molar-refractivity contribution in [3.63, 3.8) is 0 Å². The quantitative estimate of drug-likeness (QED) is 0.251. The van der Waals surface area contributed by atoms with Gasteiger partial charge in [-0.15, -0.1) is 0 Å². The summed E-state index contributed by atoms with van der Waals surface area (Å²) >= 11 is 0. The molecule has 0 spiro atoms. The molecule has 3 aromatic carbocycles. The summed E-state index contributed by atoms with van der Waals surface area (Å²) in [6.07, 6.45) is 0.380. The zero-order valence-electron chi connectivity index (χ0n) is 25.7. The van der Waals surface area contributed by atoms with Crippen LogP contribution in [0.1, 0.15) is 55.0 Å². The van der Waals surface area contributed by atoms with Crippen LogP contribution in [0, 0.1) is 12.7 Å². The summed E-state index contributed by atoms with van der Waals surface area (Å²) in [5.74, 6) is -0.873. The molecule has 10 nitrogen and oxygen atoms in total. The van der Waals surface area contributed by atoms with Crippen LogP contribution >= 0.6 is 0 Å². The molecule has 0 fully saturated rings. The van der Waals surface area contributed by atoms with Gasteiger partial charge in [0.05, 0.1) is 22.9 Å². The molecule has 2 atom stereocenters. The van der Waals surface area contributed by atoms with E-state index in [0.717, 1.165) is 17.3 Å². The number of sulfone groups is 1. The van der Waals surface area contributed by atoms with Crippen molar-refractivity contribution in [2.75, 3.05) is 30.0 Å². The summed E-state index contributed by atoms with van der Waals surface area (Å²) in [5.41, 5.74) is 9.57. The zero-order chi connectivity index (χ0) is 32.6. The number of carbonyl (C=O) groups is 2. The van der Waals surface area contributed by atoms with Crippen molar-refractivity contribution in [3.8, 4) is 0 Å². The van der Waals surface area contributed by atoms with E-state index in [1.165, 1.54) is 17.0 Å². The average Bonchev–Trinajstić information content (AvgIpc) is 2.99. The van der Waals surface area contributed by atoms with Crippen LogP contribution in [0.15, 0.2) is 65.7 Å². The molecular formula is C33H36FN5O5S. The molecule has 2 aliphatic rings. The van der Waals surface area contributed by atoms with Gasteiger partial charge < -0.3 is 20.7 Å². The van der Waals surface area contributed by atoms with Gasteiger partial charge in [-0.25, -0.2) is 22.6 Å². The van der Waals surface area contributed by atoms with Gasteiger partial charge in [-0.1, -0.05) is 25.1 Å². The molecule has 236 valence electrons. The predicted octanol–water partition coefficient (Wildman–Crippen LogP) is 5.92. The molecule has 2 aliphatic heterocycles. The van der Waals surface area contributed by atoms with E-state index in [2.05, 4.69) is 15.6 Å². The van der Waals surface area contributed by atoms with Gasteiger partial charge in [0.25, 0.3) is 0 Å². The number of amides is 2. The number of likely N-dealkylation sites (N-methyl/N-ethyl adjacent to an activating group) is 1. The SMILES string of the molecule is Cc1cc2ccc1[C@@H](C)COC(=O)Nc1ccc(S(=O)(=O)C(C)C)c(c1)CN(C)C(=O)[C@@H]2Nc1ccc2c(N)ncc(F)c2c1. The zero-order valence-corrected chi connectivity index (χ0v) is 26.5. The van der Waals surface area contributed by atoms with Crippen LogP contribution in [-0.4, -0.2) is 49.2 Å². The molecule has 0 radical (unpaired) electrons. The van der Waals surface area contributed by atoms with Crippen molar-refractivity contribution in [2.24, 2.45) is 0 Å². The van der Waals surface area contributed by atoms with Crippen molar-refractivity contribution in [1.82, 2.24) is 9.88 Å². The molecule has 4 N–H and O–H groups in total. The highest BCUT2D eigenvalue weighted by molar-refractivity contribution is 7.92. The third-order valence-corrected chi connectivity index (χ3v) is 10.3. The second-order valence-corrected chi connectivity index (χ2v) is 14.2. The van der Waals surface area contributed by atoms with Crippen molar-refractivity contribution >= 4 is 49.8 Å². The van der Waals surface area contributed by atoms with Crippen LogP contribution in [-0.2, 0) is 25.9 Å². The monoisotopic (exact) mass is 633 g/mol. The Morgan fingerprint density at radius 3 is 2.56 bits per heavy atom. The van der Waals surface area contributed by atoms with Crippen molar-refractivity contribution in [1.29, 1.82) is 0 Å². The van der Waals surface area contributed by atoms with Crippen molar-refractivity contribution in [3.05, 3.63) is 88.9 Å². The number of hydrogen-bond acceptors (Lipinski definition) is 8. The minimum absolute atomic E-state index is 0.0618. The number of rotatable bonds is 4. The number of aromatic nitrogens is 1. The number of pyridine rings is 1. The molecule has 45 heavy (non-hydrogen) atoms. The molecule has 0 saturated carbocycles. The third kappa shape index (κ3) is 6.41. The van der Waals surface area contributed by atoms with Crippen LogP contribution in [0.5, 0.6) is 0 Å². The lowest BCUT2D eigenvalue weighted by atomic mass is 9.93. The largest absolute Gasteiger partial charge is 0.449 e. The molecule has 0 unspecified atom stereocenters. The molecule has 1 aromatic heterocycles. The number of benzene rings is 3. The number of nitrogen functional groups attached to an aromatic ring is 1. The standard InChI is InChI=1S/C33H36FN5O5S/c1-18(2)45(42,43)29-11-8-23-13-22(29)16-39(5)32(40)30(37-24-7-10-26-27(14-24)28(34)15-36-31(26)35)21-6-9-25(19(3)12-21)20(4)17-44-33(41)38-23/h6-15,18,20,30,37H,16-17H2,1-5H3,(H2,35,36)(H,38,41)/t20-,30+/m0/s1. The van der Waals surface area contributed by atoms with E-state index in [9.17, 15) is 22.4 Å². The highest BCUT2D eigenvalue weighted by Crippen LogP contribution is 2.32. The Kier molecular flexibility index (Phi) is 8.70. The number of halogens is 1. The first-order chi connectivity index (χ1) is 21.3. The Bertz CT molecular complexity index is 1910. The lowest BCUT2D eigenvalue weighted by molar-refractivity contribution is -0.131. The van der Waals surface area contributed by atoms with E-state index in [-0.39, 0.29) is 41.1 Å². The summed E-state index contributed by atoms with van der Waals surface area (Å²) in [7, 11) is -2.16. The summed E-state index contributed by atoms with van der Waals surface area (Å²) in [5, 5.41) is 5.94. The van der Waals surface area contributed by atoms with Gasteiger partial charge in [0, 0.05) is 41.7 Å². The lowest BCUT2D eigenvalue weighted by Gasteiger charge is -2.28. The Hall–Kier alpha value is -4.71. The fraction of sp³-hybridized carbons (Fsp3) is 0.303. The third-order valence-electron chi connectivity index (χ3n) is 8.07. The Labute approximate surface area is 261 Å². The second-order valence-electron chi connectivity index (χ2n) is 11.7. The minimum atomic E-state index is -3.74. The summed E-state index contributed by atoms with van der Waals surface area (Å²) < 4.78 is 46.8. The summed E-state index contributed by atoms with van der Waals surface area (Å²) in [4.78, 5) is 32.3. The molecule has 6 rings (SSSR count). The average molecular weight is 634 g/mol. The number of anilines is 3. The van der Waals surface area contributed by atoms with Gasteiger partial charge in [-0.3, -0.25) is 10.1 Å². The van der Waals surface area contributed by atoms with E-state index in [4.69, 9.17) is 10.5 Å². The van der Waals surface area contributed by atoms with E-state index in [1.807, 2.05) is 32.0 Å². The highest BCUT2D eigenvalue weighted by atomic mass is 32.2. The lowest BCUT2D eigenvalue weighted by Crippen LogP contribution is -2.35. The maximum Gasteiger partial charge on any atom is 0.411 e. The predicted molar refractivity (Wildman–Crippen MR) is 172 cm³/mol. The number of nitrogens with zero attached hydrogens (tertiary/aromatic N) is 2. The van der Waals surface area contributed by atoms with Gasteiger partial charge in [-0.2, -0.15) is 0 Å². The van der Waals surface area contributed by atoms with E-state index < -0.39 is 33.0 Å². The van der Waals surface area contributed by atoms with Crippen molar-refractivity contribution < 1.29 is 27.1 Å². The summed E-state index contributed by atoms with van der Waals surface area (Å²) in [6.45, 7) is 7.03. The van der Waals surface area contributed by atoms with E-state index in [0.29, 0.717) is 27.9 Å². The maximum atomic E-state index is 14.7. The topological polar surface area (TPSA) is 144 Å². The number of fused-ring (bicyclic) bond motifs is 10. The molecule has 4 bridgehead atoms. The first-order valence-corrected chi connectivity index (χ1v) is 16.1. The number of nitrogens with one attached hydrogen (secondary N) is 2. The molecule has 0 saturated heterocycles. The maximum absolute atomic E-state index is 14.7.